The molecule has 1 aliphatic heterocycles. The zero-order chi connectivity index (χ0) is 13.8. The number of nitrogens with one attached hydrogen (secondary N) is 2. The monoisotopic (exact) mass is 287 g/mol. The van der Waals surface area contributed by atoms with Gasteiger partial charge in [0.15, 0.2) is 0 Å². The molecule has 1 unspecified atom stereocenters. The first kappa shape index (κ1) is 13.2. The van der Waals surface area contributed by atoms with Crippen LogP contribution in [0.15, 0.2) is 36.5 Å². The lowest BCUT2D eigenvalue weighted by atomic mass is 10.1. The number of rotatable bonds is 4. The molecule has 0 saturated carbocycles. The number of carbonyl (C=O) groups is 1. The summed E-state index contributed by atoms with van der Waals surface area (Å²) in [7, 11) is 0. The summed E-state index contributed by atoms with van der Waals surface area (Å²) in [4.78, 5) is 11.9. The molecule has 2 N–H and O–H groups in total. The highest BCUT2D eigenvalue weighted by Gasteiger charge is 2.22. The number of nitrogens with zero attached hydrogens (tertiary/aromatic N) is 1. The van der Waals surface area contributed by atoms with Crippen LogP contribution in [0.3, 0.4) is 0 Å². The largest absolute Gasteiger partial charge is 0.351 e. The van der Waals surface area contributed by atoms with Gasteiger partial charge in [-0.25, -0.2) is 0 Å². The molecule has 1 fully saturated rings. The van der Waals surface area contributed by atoms with Crippen LogP contribution in [0.4, 0.5) is 0 Å². The van der Waals surface area contributed by atoms with Crippen molar-refractivity contribution in [2.45, 2.75) is 24.6 Å². The van der Waals surface area contributed by atoms with Crippen LogP contribution >= 0.6 is 11.8 Å². The molecular weight excluding hydrogens is 270 g/mol. The van der Waals surface area contributed by atoms with Gasteiger partial charge in [-0.15, -0.1) is 11.8 Å². The van der Waals surface area contributed by atoms with E-state index in [4.69, 9.17) is 0 Å². The number of thioether (sulfide) groups is 1. The molecule has 104 valence electrons. The van der Waals surface area contributed by atoms with Crippen LogP contribution in [0, 0.1) is 0 Å². The van der Waals surface area contributed by atoms with E-state index in [0.717, 1.165) is 35.4 Å². The fraction of sp³-hybridized carbons (Fsp3) is 0.333. The first-order chi connectivity index (χ1) is 9.83. The summed E-state index contributed by atoms with van der Waals surface area (Å²) in [6.07, 6.45) is 3.90. The van der Waals surface area contributed by atoms with Crippen LogP contribution in [0.1, 0.15) is 18.4 Å². The van der Waals surface area contributed by atoms with Gasteiger partial charge in [0.25, 0.3) is 0 Å². The predicted octanol–water partition coefficient (Wildman–Crippen LogP) is 2.59. The number of carbonyl (C=O) groups excluding carboxylic acids is 1. The minimum Gasteiger partial charge on any atom is -0.351 e. The number of aromatic amines is 1. The minimum absolute atomic E-state index is 0.152. The Morgan fingerprint density at radius 3 is 2.85 bits per heavy atom. The maximum absolute atomic E-state index is 11.9. The maximum atomic E-state index is 11.9. The van der Waals surface area contributed by atoms with Crippen molar-refractivity contribution in [1.29, 1.82) is 0 Å². The summed E-state index contributed by atoms with van der Waals surface area (Å²) >= 11 is 1.76. The molecule has 1 amide bonds. The van der Waals surface area contributed by atoms with Crippen molar-refractivity contribution in [3.8, 4) is 11.3 Å². The van der Waals surface area contributed by atoms with Crippen LogP contribution in [0.2, 0.25) is 0 Å². The van der Waals surface area contributed by atoms with Gasteiger partial charge >= 0.3 is 0 Å². The molecule has 2 heterocycles. The zero-order valence-electron chi connectivity index (χ0n) is 11.1. The van der Waals surface area contributed by atoms with Crippen LogP contribution in [0.5, 0.6) is 0 Å². The van der Waals surface area contributed by atoms with E-state index < -0.39 is 0 Å². The molecule has 5 heteroatoms. The van der Waals surface area contributed by atoms with E-state index in [1.807, 2.05) is 30.3 Å². The number of H-pyrrole nitrogens is 1. The van der Waals surface area contributed by atoms with E-state index >= 15 is 0 Å². The number of benzene rings is 1. The van der Waals surface area contributed by atoms with Gasteiger partial charge < -0.3 is 5.32 Å². The highest BCUT2D eigenvalue weighted by Crippen LogP contribution is 2.26. The van der Waals surface area contributed by atoms with Crippen molar-refractivity contribution in [1.82, 2.24) is 15.5 Å². The third-order valence-corrected chi connectivity index (χ3v) is 4.83. The first-order valence-electron chi connectivity index (χ1n) is 6.81. The Balaban J connectivity index is 1.57. The van der Waals surface area contributed by atoms with Crippen molar-refractivity contribution < 1.29 is 4.79 Å². The van der Waals surface area contributed by atoms with Crippen LogP contribution in [-0.2, 0) is 11.3 Å². The third-order valence-electron chi connectivity index (χ3n) is 3.45. The molecule has 1 atom stereocenters. The molecule has 1 aromatic heterocycles. The second kappa shape index (κ2) is 6.13. The van der Waals surface area contributed by atoms with Gasteiger partial charge in [0.1, 0.15) is 0 Å². The number of hydrogen-bond acceptors (Lipinski definition) is 3. The van der Waals surface area contributed by atoms with Crippen molar-refractivity contribution in [2.24, 2.45) is 0 Å². The van der Waals surface area contributed by atoms with E-state index in [0.29, 0.717) is 6.54 Å². The molecule has 2 aromatic rings. The van der Waals surface area contributed by atoms with Gasteiger partial charge in [0.2, 0.25) is 5.91 Å². The molecule has 4 nitrogen and oxygen atoms in total. The molecule has 0 bridgehead atoms. The summed E-state index contributed by atoms with van der Waals surface area (Å²) in [5, 5.41) is 10.0. The third kappa shape index (κ3) is 3.04. The number of aromatic nitrogens is 2. The van der Waals surface area contributed by atoms with Gasteiger partial charge in [-0.1, -0.05) is 24.3 Å². The molecule has 1 aromatic carbocycles. The van der Waals surface area contributed by atoms with Crippen LogP contribution in [0.25, 0.3) is 11.3 Å². The lowest BCUT2D eigenvalue weighted by Crippen LogP contribution is -2.30. The van der Waals surface area contributed by atoms with Crippen molar-refractivity contribution in [3.05, 3.63) is 42.1 Å². The SMILES string of the molecule is O=C(NCc1ccc(-c2ccn[nH]2)cc1)C1CCCS1. The van der Waals surface area contributed by atoms with Crippen molar-refractivity contribution >= 4 is 17.7 Å². The highest BCUT2D eigenvalue weighted by molar-refractivity contribution is 8.00. The molecular formula is C15H17N3OS. The fourth-order valence-corrected chi connectivity index (χ4v) is 3.49. The first-order valence-corrected chi connectivity index (χ1v) is 7.86. The smallest absolute Gasteiger partial charge is 0.233 e. The van der Waals surface area contributed by atoms with Crippen molar-refractivity contribution in [2.75, 3.05) is 5.75 Å². The maximum Gasteiger partial charge on any atom is 0.233 e. The Hall–Kier alpha value is -1.75. The van der Waals surface area contributed by atoms with E-state index in [1.165, 1.54) is 0 Å². The Morgan fingerprint density at radius 1 is 1.35 bits per heavy atom. The molecule has 0 aliphatic carbocycles. The molecule has 1 saturated heterocycles. The predicted molar refractivity (Wildman–Crippen MR) is 81.4 cm³/mol. The number of hydrogen-bond donors (Lipinski definition) is 2. The van der Waals surface area contributed by atoms with E-state index in [2.05, 4.69) is 15.5 Å². The van der Waals surface area contributed by atoms with Gasteiger partial charge in [0.05, 0.1) is 10.9 Å². The van der Waals surface area contributed by atoms with Crippen molar-refractivity contribution in [3.63, 3.8) is 0 Å². The molecule has 20 heavy (non-hydrogen) atoms. The Labute approximate surface area is 122 Å². The molecule has 0 spiro atoms. The fourth-order valence-electron chi connectivity index (χ4n) is 2.31. The normalized spacial score (nSPS) is 18.1. The lowest BCUT2D eigenvalue weighted by Gasteiger charge is -2.10. The minimum atomic E-state index is 0.152. The Kier molecular flexibility index (Phi) is 4.06. The topological polar surface area (TPSA) is 57.8 Å². The summed E-state index contributed by atoms with van der Waals surface area (Å²) in [5.41, 5.74) is 3.22. The van der Waals surface area contributed by atoms with E-state index in [1.54, 1.807) is 18.0 Å². The lowest BCUT2D eigenvalue weighted by molar-refractivity contribution is -0.120. The second-order valence-electron chi connectivity index (χ2n) is 4.89. The number of amides is 1. The molecule has 0 radical (unpaired) electrons. The molecule has 3 rings (SSSR count). The second-order valence-corrected chi connectivity index (χ2v) is 6.20. The van der Waals surface area contributed by atoms with Gasteiger partial charge in [-0.3, -0.25) is 9.89 Å². The van der Waals surface area contributed by atoms with Crippen LogP contribution in [-0.4, -0.2) is 27.1 Å². The zero-order valence-corrected chi connectivity index (χ0v) is 12.0. The van der Waals surface area contributed by atoms with E-state index in [-0.39, 0.29) is 11.2 Å². The average Bonchev–Trinajstić information content (AvgIpc) is 3.18. The Morgan fingerprint density at radius 2 is 2.20 bits per heavy atom. The summed E-state index contributed by atoms with van der Waals surface area (Å²) < 4.78 is 0. The standard InChI is InChI=1S/C15H17N3OS/c19-15(14-2-1-9-20-14)16-10-11-3-5-12(6-4-11)13-7-8-17-18-13/h3-8,14H,1-2,9-10H2,(H,16,19)(H,17,18). The summed E-state index contributed by atoms with van der Waals surface area (Å²) in [6, 6.07) is 10.1. The quantitative estimate of drug-likeness (QED) is 0.908. The summed E-state index contributed by atoms with van der Waals surface area (Å²) in [6.45, 7) is 0.596. The summed E-state index contributed by atoms with van der Waals surface area (Å²) in [5.74, 6) is 1.28. The van der Waals surface area contributed by atoms with Gasteiger partial charge in [-0.2, -0.15) is 5.10 Å². The van der Waals surface area contributed by atoms with Gasteiger partial charge in [-0.05, 0) is 35.8 Å². The molecule has 1 aliphatic rings. The highest BCUT2D eigenvalue weighted by atomic mass is 32.2. The van der Waals surface area contributed by atoms with Gasteiger partial charge in [0, 0.05) is 12.7 Å². The van der Waals surface area contributed by atoms with E-state index in [9.17, 15) is 4.79 Å². The Bertz CT molecular complexity index is 559. The average molecular weight is 287 g/mol. The van der Waals surface area contributed by atoms with Crippen LogP contribution < -0.4 is 5.32 Å².